The largest absolute Gasteiger partial charge is 0.324 e. The highest BCUT2D eigenvalue weighted by molar-refractivity contribution is 8.00. The van der Waals surface area contributed by atoms with Crippen LogP contribution in [0.1, 0.15) is 24.9 Å². The van der Waals surface area contributed by atoms with Gasteiger partial charge in [-0.1, -0.05) is 6.07 Å². The molecule has 0 bridgehead atoms. The molecule has 1 aromatic carbocycles. The second kappa shape index (κ2) is 5.42. The van der Waals surface area contributed by atoms with Crippen molar-refractivity contribution in [2.24, 2.45) is 0 Å². The fourth-order valence-electron chi connectivity index (χ4n) is 1.92. The number of carbonyl (C=O) groups excluding carboxylic acids is 1. The lowest BCUT2D eigenvalue weighted by atomic mass is 10.0. The van der Waals surface area contributed by atoms with Crippen molar-refractivity contribution in [3.8, 4) is 6.07 Å². The zero-order chi connectivity index (χ0) is 13.1. The Balaban J connectivity index is 2.30. The Morgan fingerprint density at radius 1 is 1.61 bits per heavy atom. The van der Waals surface area contributed by atoms with Crippen molar-refractivity contribution >= 4 is 23.4 Å². The Kier molecular flexibility index (Phi) is 3.90. The number of hydrogen-bond donors (Lipinski definition) is 2. The summed E-state index contributed by atoms with van der Waals surface area (Å²) in [6, 6.07) is 8.12. The van der Waals surface area contributed by atoms with Gasteiger partial charge in [-0.05, 0) is 31.7 Å². The Morgan fingerprint density at radius 3 is 3.06 bits per heavy atom. The Morgan fingerprint density at radius 2 is 2.39 bits per heavy atom. The topological polar surface area (TPSA) is 64.9 Å². The van der Waals surface area contributed by atoms with Crippen LogP contribution >= 0.6 is 11.8 Å². The molecule has 94 valence electrons. The third-order valence-corrected chi connectivity index (χ3v) is 4.16. The van der Waals surface area contributed by atoms with Gasteiger partial charge in [0.25, 0.3) is 0 Å². The van der Waals surface area contributed by atoms with E-state index < -0.39 is 0 Å². The summed E-state index contributed by atoms with van der Waals surface area (Å²) < 4.78 is 0. The lowest BCUT2D eigenvalue weighted by Crippen LogP contribution is -2.26. The Bertz CT molecular complexity index is 509. The number of nitrogens with one attached hydrogen (secondary N) is 2. The first kappa shape index (κ1) is 12.9. The molecule has 0 saturated heterocycles. The number of nitriles is 1. The second-order valence-corrected chi connectivity index (χ2v) is 5.59. The van der Waals surface area contributed by atoms with Crippen LogP contribution in [-0.2, 0) is 4.79 Å². The molecule has 0 saturated carbocycles. The Labute approximate surface area is 111 Å². The van der Waals surface area contributed by atoms with Gasteiger partial charge in [-0.15, -0.1) is 11.8 Å². The third kappa shape index (κ3) is 2.50. The number of nitrogens with zero attached hydrogens (tertiary/aromatic N) is 1. The van der Waals surface area contributed by atoms with Crippen LogP contribution in [0.2, 0.25) is 0 Å². The molecular weight excluding hydrogens is 246 g/mol. The highest BCUT2D eigenvalue weighted by Gasteiger charge is 2.23. The van der Waals surface area contributed by atoms with E-state index in [2.05, 4.69) is 16.7 Å². The van der Waals surface area contributed by atoms with Gasteiger partial charge in [0, 0.05) is 10.9 Å². The predicted molar refractivity (Wildman–Crippen MR) is 72.4 cm³/mol. The molecule has 0 aromatic heterocycles. The van der Waals surface area contributed by atoms with Gasteiger partial charge < -0.3 is 10.6 Å². The maximum absolute atomic E-state index is 11.6. The van der Waals surface area contributed by atoms with Crippen LogP contribution in [-0.4, -0.2) is 18.2 Å². The number of carbonyl (C=O) groups is 1. The maximum Gasteiger partial charge on any atom is 0.237 e. The standard InChI is InChI=1S/C13H15N3OS/c1-8-13(17)16-11-7-9(3-4-12(11)18-8)10(15-2)5-6-14/h3-4,7-8,10,15H,5H2,1-2H3,(H,16,17). The third-order valence-electron chi connectivity index (χ3n) is 2.98. The summed E-state index contributed by atoms with van der Waals surface area (Å²) in [6.45, 7) is 1.89. The van der Waals surface area contributed by atoms with Gasteiger partial charge in [-0.25, -0.2) is 0 Å². The van der Waals surface area contributed by atoms with Crippen LogP contribution in [0.3, 0.4) is 0 Å². The molecule has 0 aliphatic carbocycles. The van der Waals surface area contributed by atoms with E-state index in [9.17, 15) is 4.79 Å². The number of rotatable bonds is 3. The van der Waals surface area contributed by atoms with Crippen LogP contribution in [0.25, 0.3) is 0 Å². The molecule has 1 aromatic rings. The minimum absolute atomic E-state index is 0.00144. The molecule has 0 radical (unpaired) electrons. The fourth-order valence-corrected chi connectivity index (χ4v) is 2.85. The first-order valence-electron chi connectivity index (χ1n) is 5.81. The summed E-state index contributed by atoms with van der Waals surface area (Å²) in [5, 5.41) is 14.7. The minimum Gasteiger partial charge on any atom is -0.324 e. The van der Waals surface area contributed by atoms with E-state index >= 15 is 0 Å². The predicted octanol–water partition coefficient (Wildman–Crippen LogP) is 2.29. The number of benzene rings is 1. The smallest absolute Gasteiger partial charge is 0.237 e. The minimum atomic E-state index is -0.0532. The van der Waals surface area contributed by atoms with Crippen molar-refractivity contribution in [2.75, 3.05) is 12.4 Å². The molecule has 0 spiro atoms. The van der Waals surface area contributed by atoms with Crippen molar-refractivity contribution < 1.29 is 4.79 Å². The monoisotopic (exact) mass is 261 g/mol. The van der Waals surface area contributed by atoms with Crippen molar-refractivity contribution in [1.82, 2.24) is 5.32 Å². The van der Waals surface area contributed by atoms with Crippen LogP contribution in [0.4, 0.5) is 5.69 Å². The van der Waals surface area contributed by atoms with E-state index in [0.717, 1.165) is 16.1 Å². The molecular formula is C13H15N3OS. The number of thioether (sulfide) groups is 1. The first-order chi connectivity index (χ1) is 8.65. The van der Waals surface area contributed by atoms with Crippen LogP contribution in [0.15, 0.2) is 23.1 Å². The molecule has 1 amide bonds. The normalized spacial score (nSPS) is 19.6. The van der Waals surface area contributed by atoms with Crippen LogP contribution in [0, 0.1) is 11.3 Å². The van der Waals surface area contributed by atoms with Crippen LogP contribution in [0.5, 0.6) is 0 Å². The van der Waals surface area contributed by atoms with Gasteiger partial charge in [-0.3, -0.25) is 4.79 Å². The van der Waals surface area contributed by atoms with Crippen molar-refractivity contribution in [3.05, 3.63) is 23.8 Å². The average molecular weight is 261 g/mol. The number of hydrogen-bond acceptors (Lipinski definition) is 4. The summed E-state index contributed by atoms with van der Waals surface area (Å²) in [5.41, 5.74) is 1.87. The summed E-state index contributed by atoms with van der Waals surface area (Å²) in [6.07, 6.45) is 0.410. The molecule has 1 aliphatic heterocycles. The second-order valence-electron chi connectivity index (χ2n) is 4.21. The molecule has 5 heteroatoms. The van der Waals surface area contributed by atoms with E-state index in [4.69, 9.17) is 5.26 Å². The number of fused-ring (bicyclic) bond motifs is 1. The van der Waals surface area contributed by atoms with E-state index in [1.807, 2.05) is 32.2 Å². The van der Waals surface area contributed by atoms with Gasteiger partial charge in [-0.2, -0.15) is 5.26 Å². The van der Waals surface area contributed by atoms with E-state index in [-0.39, 0.29) is 17.2 Å². The molecule has 2 atom stereocenters. The first-order valence-corrected chi connectivity index (χ1v) is 6.69. The van der Waals surface area contributed by atoms with Gasteiger partial charge in [0.15, 0.2) is 0 Å². The maximum atomic E-state index is 11.6. The molecule has 0 fully saturated rings. The molecule has 18 heavy (non-hydrogen) atoms. The number of anilines is 1. The zero-order valence-electron chi connectivity index (χ0n) is 10.4. The summed E-state index contributed by atoms with van der Waals surface area (Å²) in [7, 11) is 1.83. The average Bonchev–Trinajstić information content (AvgIpc) is 2.37. The van der Waals surface area contributed by atoms with Gasteiger partial charge in [0.05, 0.1) is 23.4 Å². The fraction of sp³-hybridized carbons (Fsp3) is 0.385. The van der Waals surface area contributed by atoms with Gasteiger partial charge >= 0.3 is 0 Å². The quantitative estimate of drug-likeness (QED) is 0.876. The molecule has 1 heterocycles. The van der Waals surface area contributed by atoms with E-state index in [1.165, 1.54) is 0 Å². The SMILES string of the molecule is CNC(CC#N)c1ccc2c(c1)NC(=O)C(C)S2. The zero-order valence-corrected chi connectivity index (χ0v) is 11.2. The van der Waals surface area contributed by atoms with Crippen molar-refractivity contribution in [2.45, 2.75) is 29.5 Å². The molecule has 2 unspecified atom stereocenters. The Hall–Kier alpha value is -1.51. The summed E-state index contributed by atoms with van der Waals surface area (Å²) in [4.78, 5) is 12.7. The van der Waals surface area contributed by atoms with Crippen molar-refractivity contribution in [1.29, 1.82) is 5.26 Å². The summed E-state index contributed by atoms with van der Waals surface area (Å²) in [5.74, 6) is 0.0333. The molecule has 4 nitrogen and oxygen atoms in total. The molecule has 2 rings (SSSR count). The molecule has 2 N–H and O–H groups in total. The van der Waals surface area contributed by atoms with E-state index in [0.29, 0.717) is 6.42 Å². The van der Waals surface area contributed by atoms with Crippen LogP contribution < -0.4 is 10.6 Å². The highest BCUT2D eigenvalue weighted by atomic mass is 32.2. The van der Waals surface area contributed by atoms with Gasteiger partial charge in [0.2, 0.25) is 5.91 Å². The van der Waals surface area contributed by atoms with Crippen molar-refractivity contribution in [3.63, 3.8) is 0 Å². The van der Waals surface area contributed by atoms with Gasteiger partial charge in [0.1, 0.15) is 0 Å². The number of amides is 1. The molecule has 1 aliphatic rings. The van der Waals surface area contributed by atoms with E-state index in [1.54, 1.807) is 11.8 Å². The summed E-state index contributed by atoms with van der Waals surface area (Å²) >= 11 is 1.56. The lowest BCUT2D eigenvalue weighted by Gasteiger charge is -2.23. The lowest BCUT2D eigenvalue weighted by molar-refractivity contribution is -0.115. The highest BCUT2D eigenvalue weighted by Crippen LogP contribution is 2.37.